The second kappa shape index (κ2) is 8.46. The summed E-state index contributed by atoms with van der Waals surface area (Å²) < 4.78 is 0.254. The highest BCUT2D eigenvalue weighted by molar-refractivity contribution is 8.26. The standard InChI is InChI=1S/C16H15NO4S3/c1-23-7-6-12(15(20)21)17-14(19)13(24-16(17)22)8-10-2-4-11(9-18)5-3-10/h2-5,8-9,12H,6-7H2,1H3,(H,20,21)/b13-8+. The first-order chi connectivity index (χ1) is 11.5. The van der Waals surface area contributed by atoms with Gasteiger partial charge in [-0.05, 0) is 30.1 Å². The summed E-state index contributed by atoms with van der Waals surface area (Å²) in [5, 5.41) is 9.40. The van der Waals surface area contributed by atoms with Crippen molar-refractivity contribution in [1.29, 1.82) is 0 Å². The van der Waals surface area contributed by atoms with E-state index in [4.69, 9.17) is 12.2 Å². The van der Waals surface area contributed by atoms with E-state index < -0.39 is 17.9 Å². The zero-order valence-electron chi connectivity index (χ0n) is 12.8. The summed E-state index contributed by atoms with van der Waals surface area (Å²) >= 11 is 7.82. The van der Waals surface area contributed by atoms with Crippen LogP contribution in [-0.2, 0) is 9.59 Å². The van der Waals surface area contributed by atoms with Gasteiger partial charge in [-0.25, -0.2) is 4.79 Å². The fourth-order valence-corrected chi connectivity index (χ4v) is 3.98. The second-order valence-corrected chi connectivity index (χ2v) is 7.63. The highest BCUT2D eigenvalue weighted by atomic mass is 32.2. The number of nitrogens with zero attached hydrogens (tertiary/aromatic N) is 1. The van der Waals surface area contributed by atoms with Crippen LogP contribution in [0.5, 0.6) is 0 Å². The molecule has 1 aliphatic heterocycles. The first-order valence-electron chi connectivity index (χ1n) is 7.02. The van der Waals surface area contributed by atoms with Crippen LogP contribution in [0, 0.1) is 0 Å². The predicted molar refractivity (Wildman–Crippen MR) is 101 cm³/mol. The van der Waals surface area contributed by atoms with Crippen LogP contribution in [0.25, 0.3) is 6.08 Å². The van der Waals surface area contributed by atoms with E-state index in [9.17, 15) is 19.5 Å². The SMILES string of the molecule is CSCCC(C(=O)O)N1C(=O)/C(=C\c2ccc(C=O)cc2)SC1=S. The second-order valence-electron chi connectivity index (χ2n) is 4.97. The van der Waals surface area contributed by atoms with Crippen LogP contribution in [-0.4, -0.2) is 50.5 Å². The number of aldehydes is 1. The van der Waals surface area contributed by atoms with Crippen LogP contribution in [0.3, 0.4) is 0 Å². The molecule has 0 saturated carbocycles. The molecule has 0 aromatic heterocycles. The molecule has 0 aliphatic carbocycles. The van der Waals surface area contributed by atoms with E-state index in [1.54, 1.807) is 30.3 Å². The van der Waals surface area contributed by atoms with Crippen molar-refractivity contribution in [2.24, 2.45) is 0 Å². The van der Waals surface area contributed by atoms with Gasteiger partial charge in [0.2, 0.25) is 0 Å². The van der Waals surface area contributed by atoms with Crippen molar-refractivity contribution in [1.82, 2.24) is 4.90 Å². The van der Waals surface area contributed by atoms with Gasteiger partial charge in [-0.3, -0.25) is 14.5 Å². The van der Waals surface area contributed by atoms with E-state index in [2.05, 4.69) is 0 Å². The molecule has 1 N–H and O–H groups in total. The molecule has 2 rings (SSSR count). The van der Waals surface area contributed by atoms with E-state index in [1.807, 2.05) is 6.26 Å². The molecule has 1 atom stereocenters. The Bertz CT molecular complexity index is 700. The van der Waals surface area contributed by atoms with Gasteiger partial charge in [-0.15, -0.1) is 0 Å². The highest BCUT2D eigenvalue weighted by Crippen LogP contribution is 2.34. The van der Waals surface area contributed by atoms with Crippen LogP contribution in [0.15, 0.2) is 29.2 Å². The molecular formula is C16H15NO4S3. The third-order valence-electron chi connectivity index (χ3n) is 3.39. The average molecular weight is 382 g/mol. The summed E-state index contributed by atoms with van der Waals surface area (Å²) in [6.07, 6.45) is 4.62. The van der Waals surface area contributed by atoms with Gasteiger partial charge in [0.05, 0.1) is 4.91 Å². The van der Waals surface area contributed by atoms with E-state index in [-0.39, 0.29) is 4.32 Å². The summed E-state index contributed by atoms with van der Waals surface area (Å²) in [6.45, 7) is 0. The molecule has 1 amide bonds. The number of carbonyl (C=O) groups is 3. The summed E-state index contributed by atoms with van der Waals surface area (Å²) in [6, 6.07) is 5.79. The molecule has 0 radical (unpaired) electrons. The number of thiocarbonyl (C=S) groups is 1. The fraction of sp³-hybridized carbons (Fsp3) is 0.250. The fourth-order valence-electron chi connectivity index (χ4n) is 2.16. The van der Waals surface area contributed by atoms with Crippen molar-refractivity contribution in [3.05, 3.63) is 40.3 Å². The lowest BCUT2D eigenvalue weighted by Crippen LogP contribution is -2.44. The molecule has 8 heteroatoms. The summed E-state index contributed by atoms with van der Waals surface area (Å²) in [4.78, 5) is 36.3. The van der Waals surface area contributed by atoms with Gasteiger partial charge in [0.25, 0.3) is 5.91 Å². The molecule has 1 unspecified atom stereocenters. The van der Waals surface area contributed by atoms with Crippen molar-refractivity contribution in [3.8, 4) is 0 Å². The monoisotopic (exact) mass is 381 g/mol. The number of carboxylic acid groups (broad SMARTS) is 1. The van der Waals surface area contributed by atoms with E-state index in [0.717, 1.165) is 23.6 Å². The highest BCUT2D eigenvalue weighted by Gasteiger charge is 2.40. The van der Waals surface area contributed by atoms with Gasteiger partial charge in [-0.1, -0.05) is 48.2 Å². The zero-order chi connectivity index (χ0) is 17.7. The maximum Gasteiger partial charge on any atom is 0.326 e. The number of hydrogen-bond acceptors (Lipinski definition) is 6. The Morgan fingerprint density at radius 3 is 2.54 bits per heavy atom. The molecule has 126 valence electrons. The van der Waals surface area contributed by atoms with Gasteiger partial charge < -0.3 is 5.11 Å². The predicted octanol–water partition coefficient (Wildman–Crippen LogP) is 2.91. The summed E-state index contributed by atoms with van der Waals surface area (Å²) in [5.74, 6) is -0.824. The number of amides is 1. The minimum atomic E-state index is -1.06. The van der Waals surface area contributed by atoms with Crippen LogP contribution in [0.4, 0.5) is 0 Å². The quantitative estimate of drug-likeness (QED) is 0.442. The molecule has 1 heterocycles. The Hall–Kier alpha value is -1.64. The van der Waals surface area contributed by atoms with E-state index in [0.29, 0.717) is 22.6 Å². The molecule has 24 heavy (non-hydrogen) atoms. The maximum absolute atomic E-state index is 12.6. The van der Waals surface area contributed by atoms with Crippen LogP contribution in [0.2, 0.25) is 0 Å². The van der Waals surface area contributed by atoms with E-state index in [1.165, 1.54) is 16.7 Å². The van der Waals surface area contributed by atoms with Crippen molar-refractivity contribution in [3.63, 3.8) is 0 Å². The normalized spacial score (nSPS) is 17.4. The molecule has 1 aromatic carbocycles. The molecule has 0 bridgehead atoms. The molecule has 1 aromatic rings. The number of thioether (sulfide) groups is 2. The van der Waals surface area contributed by atoms with Crippen LogP contribution < -0.4 is 0 Å². The Morgan fingerprint density at radius 1 is 1.38 bits per heavy atom. The molecule has 1 aliphatic rings. The zero-order valence-corrected chi connectivity index (χ0v) is 15.2. The van der Waals surface area contributed by atoms with Crippen molar-refractivity contribution in [2.75, 3.05) is 12.0 Å². The first kappa shape index (κ1) is 18.7. The Labute approximate surface area is 153 Å². The minimum Gasteiger partial charge on any atom is -0.480 e. The van der Waals surface area contributed by atoms with Gasteiger partial charge >= 0.3 is 5.97 Å². The number of hydrogen-bond donors (Lipinski definition) is 1. The van der Waals surface area contributed by atoms with Gasteiger partial charge in [0.1, 0.15) is 16.6 Å². The number of aliphatic carboxylic acids is 1. The first-order valence-corrected chi connectivity index (χ1v) is 9.64. The van der Waals surface area contributed by atoms with E-state index >= 15 is 0 Å². The topological polar surface area (TPSA) is 74.7 Å². The van der Waals surface area contributed by atoms with Crippen LogP contribution in [0.1, 0.15) is 22.3 Å². The van der Waals surface area contributed by atoms with Gasteiger partial charge in [0.15, 0.2) is 0 Å². The Kier molecular flexibility index (Phi) is 6.59. The number of carboxylic acids is 1. The molecular weight excluding hydrogens is 366 g/mol. The average Bonchev–Trinajstić information content (AvgIpc) is 2.83. The Balaban J connectivity index is 2.24. The Morgan fingerprint density at radius 2 is 2.00 bits per heavy atom. The number of carbonyl (C=O) groups excluding carboxylic acids is 2. The molecule has 5 nitrogen and oxygen atoms in total. The minimum absolute atomic E-state index is 0.254. The molecule has 1 saturated heterocycles. The van der Waals surface area contributed by atoms with Crippen molar-refractivity contribution >= 4 is 64.3 Å². The lowest BCUT2D eigenvalue weighted by molar-refractivity contribution is -0.145. The van der Waals surface area contributed by atoms with Crippen LogP contribution >= 0.6 is 35.7 Å². The largest absolute Gasteiger partial charge is 0.480 e. The number of benzene rings is 1. The third-order valence-corrected chi connectivity index (χ3v) is 5.36. The molecule has 1 fully saturated rings. The molecule has 0 spiro atoms. The lowest BCUT2D eigenvalue weighted by atomic mass is 10.1. The maximum atomic E-state index is 12.6. The van der Waals surface area contributed by atoms with Crippen molar-refractivity contribution < 1.29 is 19.5 Å². The van der Waals surface area contributed by atoms with Gasteiger partial charge in [-0.2, -0.15) is 11.8 Å². The number of rotatable bonds is 7. The third kappa shape index (κ3) is 4.25. The smallest absolute Gasteiger partial charge is 0.326 e. The van der Waals surface area contributed by atoms with Gasteiger partial charge in [0, 0.05) is 5.56 Å². The lowest BCUT2D eigenvalue weighted by Gasteiger charge is -2.22. The summed E-state index contributed by atoms with van der Waals surface area (Å²) in [5.41, 5.74) is 1.29. The van der Waals surface area contributed by atoms with Crippen molar-refractivity contribution in [2.45, 2.75) is 12.5 Å². The summed E-state index contributed by atoms with van der Waals surface area (Å²) in [7, 11) is 0.